The van der Waals surface area contributed by atoms with E-state index in [-0.39, 0.29) is 42.0 Å². The molecule has 3 rings (SSSR count). The lowest BCUT2D eigenvalue weighted by Gasteiger charge is -2.19. The van der Waals surface area contributed by atoms with Gasteiger partial charge in [-0.3, -0.25) is 19.2 Å². The van der Waals surface area contributed by atoms with E-state index in [1.807, 2.05) is 0 Å². The molecule has 0 unspecified atom stereocenters. The molecule has 0 bridgehead atoms. The van der Waals surface area contributed by atoms with Crippen molar-refractivity contribution in [2.75, 3.05) is 6.54 Å². The van der Waals surface area contributed by atoms with Crippen molar-refractivity contribution >= 4 is 29.7 Å². The lowest BCUT2D eigenvalue weighted by atomic mass is 9.98. The minimum Gasteiger partial charge on any atom is -0.368 e. The van der Waals surface area contributed by atoms with Crippen molar-refractivity contribution in [1.82, 2.24) is 16.0 Å². The van der Waals surface area contributed by atoms with Crippen molar-refractivity contribution in [2.24, 2.45) is 11.7 Å². The van der Waals surface area contributed by atoms with Crippen LogP contribution in [0.2, 0.25) is 0 Å². The molecule has 36 heavy (non-hydrogen) atoms. The van der Waals surface area contributed by atoms with E-state index in [0.717, 1.165) is 18.2 Å². The molecular weight excluding hydrogens is 477 g/mol. The zero-order valence-electron chi connectivity index (χ0n) is 19.2. The van der Waals surface area contributed by atoms with Crippen LogP contribution in [0.3, 0.4) is 0 Å². The van der Waals surface area contributed by atoms with Gasteiger partial charge in [0.1, 0.15) is 29.2 Å². The molecule has 0 radical (unpaired) electrons. The van der Waals surface area contributed by atoms with Gasteiger partial charge in [0.2, 0.25) is 17.7 Å². The number of halogens is 3. The van der Waals surface area contributed by atoms with Crippen LogP contribution in [-0.4, -0.2) is 36.2 Å². The second kappa shape index (κ2) is 12.0. The Morgan fingerprint density at radius 2 is 1.81 bits per heavy atom. The minimum atomic E-state index is -1.20. The third kappa shape index (κ3) is 7.69. The van der Waals surface area contributed by atoms with Crippen LogP contribution in [0.15, 0.2) is 48.2 Å². The molecule has 2 atom stereocenters. The van der Waals surface area contributed by atoms with E-state index in [4.69, 9.17) is 5.73 Å². The topological polar surface area (TPSA) is 130 Å². The van der Waals surface area contributed by atoms with Gasteiger partial charge in [0.05, 0.1) is 0 Å². The molecule has 190 valence electrons. The van der Waals surface area contributed by atoms with Crippen molar-refractivity contribution in [3.05, 3.63) is 76.7 Å². The molecule has 0 aliphatic carbocycles. The number of primary amides is 1. The highest BCUT2D eigenvalue weighted by Crippen LogP contribution is 2.17. The molecule has 0 aromatic heterocycles. The van der Waals surface area contributed by atoms with Crippen molar-refractivity contribution in [3.8, 4) is 0 Å². The van der Waals surface area contributed by atoms with Crippen molar-refractivity contribution in [2.45, 2.75) is 31.7 Å². The maximum atomic E-state index is 13.7. The molecule has 1 heterocycles. The Morgan fingerprint density at radius 3 is 2.42 bits per heavy atom. The Labute approximate surface area is 205 Å². The highest BCUT2D eigenvalue weighted by Gasteiger charge is 2.31. The van der Waals surface area contributed by atoms with Gasteiger partial charge in [0, 0.05) is 24.9 Å². The molecule has 1 aliphatic rings. The van der Waals surface area contributed by atoms with Gasteiger partial charge in [0.25, 0.3) is 5.91 Å². The lowest BCUT2D eigenvalue weighted by molar-refractivity contribution is -0.128. The zero-order valence-corrected chi connectivity index (χ0v) is 19.2. The summed E-state index contributed by atoms with van der Waals surface area (Å²) < 4.78 is 40.5. The first-order valence-corrected chi connectivity index (χ1v) is 11.2. The molecule has 11 heteroatoms. The van der Waals surface area contributed by atoms with Crippen LogP contribution in [0.5, 0.6) is 0 Å². The molecule has 4 amide bonds. The van der Waals surface area contributed by atoms with E-state index in [1.54, 1.807) is 0 Å². The Morgan fingerprint density at radius 1 is 1.08 bits per heavy atom. The van der Waals surface area contributed by atoms with Crippen LogP contribution in [0.25, 0.3) is 6.08 Å². The van der Waals surface area contributed by atoms with Gasteiger partial charge in [-0.2, -0.15) is 0 Å². The first-order valence-electron chi connectivity index (χ1n) is 11.2. The monoisotopic (exact) mass is 502 g/mol. The number of aryl methyl sites for hydroxylation is 1. The second-order valence-electron chi connectivity index (χ2n) is 8.38. The van der Waals surface area contributed by atoms with Crippen molar-refractivity contribution in [3.63, 3.8) is 0 Å². The third-order valence-corrected chi connectivity index (χ3v) is 5.57. The zero-order chi connectivity index (χ0) is 26.2. The quantitative estimate of drug-likeness (QED) is 0.369. The van der Waals surface area contributed by atoms with Crippen LogP contribution >= 0.6 is 0 Å². The van der Waals surface area contributed by atoms with Gasteiger partial charge in [-0.25, -0.2) is 13.2 Å². The summed E-state index contributed by atoms with van der Waals surface area (Å²) in [6.45, 7) is 0.443. The lowest BCUT2D eigenvalue weighted by Crippen LogP contribution is -2.48. The summed E-state index contributed by atoms with van der Waals surface area (Å²) in [6, 6.07) is 6.90. The molecule has 1 fully saturated rings. The average Bonchev–Trinajstić information content (AvgIpc) is 3.20. The van der Waals surface area contributed by atoms with Crippen LogP contribution in [0, 0.1) is 23.4 Å². The minimum absolute atomic E-state index is 0.0178. The van der Waals surface area contributed by atoms with E-state index >= 15 is 0 Å². The third-order valence-electron chi connectivity index (χ3n) is 5.57. The Hall–Kier alpha value is -4.15. The number of nitrogens with one attached hydrogen (secondary N) is 3. The van der Waals surface area contributed by atoms with Gasteiger partial charge < -0.3 is 21.7 Å². The Bertz CT molecular complexity index is 1180. The van der Waals surface area contributed by atoms with Gasteiger partial charge in [-0.05, 0) is 60.7 Å². The molecule has 0 saturated carbocycles. The summed E-state index contributed by atoms with van der Waals surface area (Å²) >= 11 is 0. The van der Waals surface area contributed by atoms with Crippen molar-refractivity contribution in [1.29, 1.82) is 0 Å². The van der Waals surface area contributed by atoms with Crippen LogP contribution < -0.4 is 21.7 Å². The van der Waals surface area contributed by atoms with Crippen LogP contribution in [-0.2, 0) is 25.6 Å². The number of benzene rings is 2. The van der Waals surface area contributed by atoms with Gasteiger partial charge in [-0.1, -0.05) is 12.1 Å². The largest absolute Gasteiger partial charge is 0.368 e. The van der Waals surface area contributed by atoms with Crippen LogP contribution in [0.1, 0.15) is 30.4 Å². The summed E-state index contributed by atoms with van der Waals surface area (Å²) in [5.74, 6) is -5.34. The average molecular weight is 502 g/mol. The maximum absolute atomic E-state index is 13.7. The first kappa shape index (κ1) is 26.5. The van der Waals surface area contributed by atoms with E-state index < -0.39 is 47.1 Å². The Balaban J connectivity index is 1.75. The predicted octanol–water partition coefficient (Wildman–Crippen LogP) is 1.69. The number of hydrogen-bond donors (Lipinski definition) is 4. The van der Waals surface area contributed by atoms with E-state index in [9.17, 15) is 32.3 Å². The number of amides is 4. The molecule has 8 nitrogen and oxygen atoms in total. The highest BCUT2D eigenvalue weighted by atomic mass is 19.1. The summed E-state index contributed by atoms with van der Waals surface area (Å²) in [7, 11) is 0. The standard InChI is InChI=1S/C25H25F3N4O4/c26-17-3-1-2-14(8-17)11-21(31-22(33)5-4-15-9-18(27)13-19(28)10-15)25(36)32-20(23(29)34)12-16-6-7-30-24(16)35/h1-3,8-11,13,16,20H,4-7,12H2,(H2,29,34)(H,30,35)(H,31,33)(H,32,36)/t16-,20-/m0/s1. The fraction of sp³-hybridized carbons (Fsp3) is 0.280. The molecule has 1 saturated heterocycles. The van der Waals surface area contributed by atoms with Crippen molar-refractivity contribution < 1.29 is 32.3 Å². The van der Waals surface area contributed by atoms with Gasteiger partial charge in [-0.15, -0.1) is 0 Å². The molecule has 2 aromatic carbocycles. The van der Waals surface area contributed by atoms with Gasteiger partial charge in [0.15, 0.2) is 0 Å². The summed E-state index contributed by atoms with van der Waals surface area (Å²) in [6.07, 6.45) is 1.41. The van der Waals surface area contributed by atoms with E-state index in [2.05, 4.69) is 16.0 Å². The SMILES string of the molecule is NC(=O)[C@H](C[C@@H]1CCNC1=O)NC(=O)C(=Cc1cccc(F)c1)NC(=O)CCc1cc(F)cc(F)c1. The summed E-state index contributed by atoms with van der Waals surface area (Å²) in [5, 5.41) is 7.46. The van der Waals surface area contributed by atoms with Crippen LogP contribution in [0.4, 0.5) is 13.2 Å². The predicted molar refractivity (Wildman–Crippen MR) is 124 cm³/mol. The maximum Gasteiger partial charge on any atom is 0.268 e. The number of hydrogen-bond acceptors (Lipinski definition) is 4. The fourth-order valence-electron chi connectivity index (χ4n) is 3.78. The normalized spacial score (nSPS) is 16.2. The summed E-state index contributed by atoms with van der Waals surface area (Å²) in [5.41, 5.74) is 5.60. The number of carbonyl (C=O) groups is 4. The highest BCUT2D eigenvalue weighted by molar-refractivity contribution is 6.03. The molecule has 2 aromatic rings. The van der Waals surface area contributed by atoms with E-state index in [1.165, 1.54) is 24.3 Å². The molecule has 1 aliphatic heterocycles. The molecule has 5 N–H and O–H groups in total. The fourth-order valence-corrected chi connectivity index (χ4v) is 3.78. The second-order valence-corrected chi connectivity index (χ2v) is 8.38. The number of carbonyl (C=O) groups excluding carboxylic acids is 4. The Kier molecular flexibility index (Phi) is 8.82. The van der Waals surface area contributed by atoms with Gasteiger partial charge >= 0.3 is 0 Å². The molecule has 0 spiro atoms. The molecular formula is C25H25F3N4O4. The number of nitrogens with two attached hydrogens (primary N) is 1. The first-order chi connectivity index (χ1) is 17.1. The number of rotatable bonds is 10. The van der Waals surface area contributed by atoms with E-state index in [0.29, 0.717) is 19.0 Å². The summed E-state index contributed by atoms with van der Waals surface area (Å²) in [4.78, 5) is 49.4. The smallest absolute Gasteiger partial charge is 0.268 e.